The zero-order valence-electron chi connectivity index (χ0n) is 31.7. The van der Waals surface area contributed by atoms with Crippen molar-refractivity contribution in [3.63, 3.8) is 0 Å². The van der Waals surface area contributed by atoms with E-state index >= 15 is 0 Å². The number of nitrogens with zero attached hydrogens (tertiary/aromatic N) is 2. The van der Waals surface area contributed by atoms with E-state index in [0.717, 1.165) is 45.4 Å². The fraction of sp³-hybridized carbons (Fsp3) is 0. The van der Waals surface area contributed by atoms with Crippen LogP contribution in [0.3, 0.4) is 0 Å². The van der Waals surface area contributed by atoms with E-state index in [4.69, 9.17) is 4.74 Å². The van der Waals surface area contributed by atoms with Crippen LogP contribution in [0.5, 0.6) is 11.5 Å². The van der Waals surface area contributed by atoms with Crippen molar-refractivity contribution < 1.29 is 4.74 Å². The van der Waals surface area contributed by atoms with Crippen LogP contribution in [0.15, 0.2) is 231 Å². The summed E-state index contributed by atoms with van der Waals surface area (Å²) in [5.74, 6) is 1.66. The minimum atomic E-state index is -2.78. The van der Waals surface area contributed by atoms with Crippen LogP contribution in [0.25, 0.3) is 38.6 Å². The molecule has 0 saturated heterocycles. The van der Waals surface area contributed by atoms with Crippen molar-refractivity contribution in [2.75, 3.05) is 4.90 Å². The molecule has 3 nitrogen and oxygen atoms in total. The van der Waals surface area contributed by atoms with Crippen LogP contribution in [-0.2, 0) is 0 Å². The Morgan fingerprint density at radius 3 is 1.33 bits per heavy atom. The van der Waals surface area contributed by atoms with Gasteiger partial charge in [-0.2, -0.15) is 0 Å². The van der Waals surface area contributed by atoms with Gasteiger partial charge < -0.3 is 14.2 Å². The second-order valence-corrected chi connectivity index (χ2v) is 18.7. The predicted molar refractivity (Wildman–Crippen MR) is 245 cm³/mol. The molecule has 9 aromatic carbocycles. The first-order valence-corrected chi connectivity index (χ1v) is 21.8. The van der Waals surface area contributed by atoms with Crippen molar-refractivity contribution in [2.24, 2.45) is 0 Å². The first kappa shape index (κ1) is 33.9. The van der Waals surface area contributed by atoms with Gasteiger partial charge in [0, 0.05) is 22.1 Å². The highest BCUT2D eigenvalue weighted by atomic mass is 28.3. The largest absolute Gasteiger partial charge is 0.453 e. The van der Waals surface area contributed by atoms with Gasteiger partial charge in [-0.3, -0.25) is 0 Å². The van der Waals surface area contributed by atoms with Gasteiger partial charge in [-0.1, -0.05) is 176 Å². The van der Waals surface area contributed by atoms with Gasteiger partial charge in [0.25, 0.3) is 0 Å². The maximum Gasteiger partial charge on any atom is 0.179 e. The normalized spacial score (nSPS) is 12.2. The first-order valence-electron chi connectivity index (χ1n) is 19.8. The Morgan fingerprint density at radius 1 is 0.328 bits per heavy atom. The number of aromatic nitrogens is 1. The monoisotopic (exact) mass is 758 g/mol. The average molecular weight is 759 g/mol. The highest BCUT2D eigenvalue weighted by Crippen LogP contribution is 2.51. The number of hydrogen-bond donors (Lipinski definition) is 0. The summed E-state index contributed by atoms with van der Waals surface area (Å²) in [6.45, 7) is 0. The Hall–Kier alpha value is -7.40. The van der Waals surface area contributed by atoms with E-state index < -0.39 is 8.07 Å². The van der Waals surface area contributed by atoms with E-state index in [1.807, 2.05) is 12.1 Å². The molecule has 10 aromatic rings. The molecule has 274 valence electrons. The van der Waals surface area contributed by atoms with E-state index in [2.05, 4.69) is 228 Å². The van der Waals surface area contributed by atoms with Gasteiger partial charge in [-0.25, -0.2) is 0 Å². The third-order valence-electron chi connectivity index (χ3n) is 11.7. The zero-order chi connectivity index (χ0) is 38.5. The standard InChI is InChI=1S/C54H38N2OSi/c1-4-20-43(21-5-1)58(44-22-6-2-7-23-44,45-24-8-3-9-25-45)46-26-18-19-39(37-46)40-35-41(55-49-29-12-10-27-47(49)48-28-11-13-30-50(48)55)38-42(36-40)56-51-31-14-16-33-53(51)57-54-34-17-15-32-52(54)56/h1-38H. The average Bonchev–Trinajstić information content (AvgIpc) is 3.64. The minimum absolute atomic E-state index is 0.830. The second kappa shape index (κ2) is 14.0. The summed E-state index contributed by atoms with van der Waals surface area (Å²) in [6.07, 6.45) is 0. The van der Waals surface area contributed by atoms with Gasteiger partial charge >= 0.3 is 0 Å². The van der Waals surface area contributed by atoms with Crippen LogP contribution in [0, 0.1) is 0 Å². The lowest BCUT2D eigenvalue weighted by Crippen LogP contribution is -2.74. The van der Waals surface area contributed by atoms with Gasteiger partial charge in [-0.15, -0.1) is 0 Å². The highest BCUT2D eigenvalue weighted by molar-refractivity contribution is 7.19. The first-order chi connectivity index (χ1) is 28.8. The summed E-state index contributed by atoms with van der Waals surface area (Å²) in [6, 6.07) is 84.0. The van der Waals surface area contributed by atoms with Crippen LogP contribution in [-0.4, -0.2) is 12.6 Å². The van der Waals surface area contributed by atoms with Crippen molar-refractivity contribution in [3.05, 3.63) is 231 Å². The summed E-state index contributed by atoms with van der Waals surface area (Å²) in [5.41, 5.74) is 8.80. The number of fused-ring (bicyclic) bond motifs is 5. The molecule has 1 aliphatic rings. The van der Waals surface area contributed by atoms with Crippen molar-refractivity contribution in [1.82, 2.24) is 4.57 Å². The van der Waals surface area contributed by atoms with Crippen LogP contribution < -0.4 is 30.4 Å². The summed E-state index contributed by atoms with van der Waals surface area (Å²) in [5, 5.41) is 7.86. The van der Waals surface area contributed by atoms with Crippen LogP contribution in [0.1, 0.15) is 0 Å². The lowest BCUT2D eigenvalue weighted by atomic mass is 10.0. The molecule has 11 rings (SSSR count). The molecule has 0 atom stereocenters. The fourth-order valence-electron chi connectivity index (χ4n) is 9.20. The number of anilines is 3. The van der Waals surface area contributed by atoms with E-state index in [1.165, 1.54) is 42.6 Å². The fourth-order valence-corrected chi connectivity index (χ4v) is 14.0. The summed E-state index contributed by atoms with van der Waals surface area (Å²) in [4.78, 5) is 2.36. The molecule has 2 heterocycles. The lowest BCUT2D eigenvalue weighted by molar-refractivity contribution is 0.477. The van der Waals surface area contributed by atoms with Gasteiger partial charge in [0.1, 0.15) is 0 Å². The Morgan fingerprint density at radius 2 is 0.776 bits per heavy atom. The summed E-state index contributed by atoms with van der Waals surface area (Å²) < 4.78 is 8.93. The van der Waals surface area contributed by atoms with Gasteiger partial charge in [-0.05, 0) is 86.5 Å². The van der Waals surface area contributed by atoms with E-state index in [1.54, 1.807) is 0 Å². The molecule has 1 aliphatic heterocycles. The molecule has 0 amide bonds. The Balaban J connectivity index is 1.20. The van der Waals surface area contributed by atoms with Crippen molar-refractivity contribution in [1.29, 1.82) is 0 Å². The lowest BCUT2D eigenvalue weighted by Gasteiger charge is -2.35. The molecule has 0 unspecified atom stereocenters. The summed E-state index contributed by atoms with van der Waals surface area (Å²) >= 11 is 0. The molecule has 0 spiro atoms. The Labute approximate surface area is 339 Å². The molecule has 0 bridgehead atoms. The molecule has 0 fully saturated rings. The number of rotatable bonds is 7. The molecule has 0 aliphatic carbocycles. The summed E-state index contributed by atoms with van der Waals surface area (Å²) in [7, 11) is -2.78. The number of para-hydroxylation sites is 6. The molecule has 1 aromatic heterocycles. The predicted octanol–water partition coefficient (Wildman–Crippen LogP) is 11.4. The van der Waals surface area contributed by atoms with Crippen molar-refractivity contribution >= 4 is 67.7 Å². The Bertz CT molecular complexity index is 2910. The maximum atomic E-state index is 6.50. The molecular formula is C54H38N2OSi. The highest BCUT2D eigenvalue weighted by Gasteiger charge is 2.41. The van der Waals surface area contributed by atoms with Crippen LogP contribution in [0.4, 0.5) is 17.1 Å². The quantitative estimate of drug-likeness (QED) is 0.119. The third kappa shape index (κ3) is 5.41. The minimum Gasteiger partial charge on any atom is -0.453 e. The van der Waals surface area contributed by atoms with E-state index in [0.29, 0.717) is 0 Å². The molecule has 0 saturated carbocycles. The van der Waals surface area contributed by atoms with Gasteiger partial charge in [0.05, 0.1) is 22.4 Å². The molecule has 4 heteroatoms. The topological polar surface area (TPSA) is 17.4 Å². The molecule has 0 radical (unpaired) electrons. The maximum absolute atomic E-state index is 6.50. The van der Waals surface area contributed by atoms with Crippen molar-refractivity contribution in [2.45, 2.75) is 0 Å². The van der Waals surface area contributed by atoms with Crippen molar-refractivity contribution in [3.8, 4) is 28.3 Å². The molecular weight excluding hydrogens is 721 g/mol. The van der Waals surface area contributed by atoms with Crippen LogP contribution in [0.2, 0.25) is 0 Å². The number of benzene rings is 9. The molecule has 0 N–H and O–H groups in total. The SMILES string of the molecule is c1ccc([Si](c2ccccc2)(c2ccccc2)c2cccc(-c3cc(N4c5ccccc5Oc5ccccc54)cc(-n4c5ccccc5c5ccccc54)c3)c2)cc1. The smallest absolute Gasteiger partial charge is 0.179 e. The second-order valence-electron chi connectivity index (χ2n) is 14.9. The van der Waals surface area contributed by atoms with E-state index in [-0.39, 0.29) is 0 Å². The third-order valence-corrected chi connectivity index (χ3v) is 16.5. The number of hydrogen-bond acceptors (Lipinski definition) is 2. The number of ether oxygens (including phenoxy) is 1. The van der Waals surface area contributed by atoms with Gasteiger partial charge in [0.15, 0.2) is 19.6 Å². The Kier molecular flexibility index (Phi) is 8.16. The van der Waals surface area contributed by atoms with E-state index in [9.17, 15) is 0 Å². The van der Waals surface area contributed by atoms with Gasteiger partial charge in [0.2, 0.25) is 0 Å². The zero-order valence-corrected chi connectivity index (χ0v) is 32.7. The van der Waals surface area contributed by atoms with Crippen LogP contribution >= 0.6 is 0 Å². The molecule has 58 heavy (non-hydrogen) atoms.